The summed E-state index contributed by atoms with van der Waals surface area (Å²) < 4.78 is 5.24. The number of hydrogen-bond donors (Lipinski definition) is 1. The Labute approximate surface area is 115 Å². The maximum absolute atomic E-state index is 5.24. The van der Waals surface area contributed by atoms with Gasteiger partial charge in [0.25, 0.3) is 0 Å². The minimum atomic E-state index is 0.499. The number of fused-ring (bicyclic) bond motifs is 1. The minimum absolute atomic E-state index is 0.499. The van der Waals surface area contributed by atoms with Gasteiger partial charge in [0.2, 0.25) is 0 Å². The number of nitrogens with zero attached hydrogens (tertiary/aromatic N) is 1. The molecule has 0 unspecified atom stereocenters. The van der Waals surface area contributed by atoms with Crippen LogP contribution >= 0.6 is 0 Å². The molecule has 1 aliphatic carbocycles. The van der Waals surface area contributed by atoms with E-state index in [9.17, 15) is 0 Å². The van der Waals surface area contributed by atoms with Gasteiger partial charge in [-0.2, -0.15) is 0 Å². The van der Waals surface area contributed by atoms with Gasteiger partial charge < -0.3 is 10.1 Å². The summed E-state index contributed by atoms with van der Waals surface area (Å²) in [6.45, 7) is 4.62. The number of ether oxygens (including phenoxy) is 1. The van der Waals surface area contributed by atoms with Gasteiger partial charge in [0, 0.05) is 31.2 Å². The molecule has 104 valence electrons. The monoisotopic (exact) mass is 260 g/mol. The molecule has 1 N–H and O–H groups in total. The summed E-state index contributed by atoms with van der Waals surface area (Å²) in [5.41, 5.74) is 1.40. The zero-order valence-corrected chi connectivity index (χ0v) is 11.9. The summed E-state index contributed by atoms with van der Waals surface area (Å²) in [4.78, 5) is 2.69. The first kappa shape index (κ1) is 12.9. The van der Waals surface area contributed by atoms with E-state index in [1.807, 2.05) is 0 Å². The van der Waals surface area contributed by atoms with Crippen molar-refractivity contribution in [3.8, 4) is 5.75 Å². The molecule has 1 saturated heterocycles. The SMILES string of the molecule is COc1ccc([C@H](C)N2CCN[C@@H]3CCC[C@H]32)cc1. The Kier molecular flexibility index (Phi) is 3.76. The second kappa shape index (κ2) is 5.51. The molecule has 19 heavy (non-hydrogen) atoms. The largest absolute Gasteiger partial charge is 0.497 e. The topological polar surface area (TPSA) is 24.5 Å². The second-order valence-electron chi connectivity index (χ2n) is 5.75. The summed E-state index contributed by atoms with van der Waals surface area (Å²) in [6, 6.07) is 10.5. The lowest BCUT2D eigenvalue weighted by Crippen LogP contribution is -2.55. The van der Waals surface area contributed by atoms with Crippen LogP contribution in [0.3, 0.4) is 0 Å². The third kappa shape index (κ3) is 2.49. The molecule has 0 radical (unpaired) electrons. The predicted molar refractivity (Wildman–Crippen MR) is 77.5 cm³/mol. The number of benzene rings is 1. The van der Waals surface area contributed by atoms with Crippen molar-refractivity contribution < 1.29 is 4.74 Å². The lowest BCUT2D eigenvalue weighted by atomic mass is 10.0. The van der Waals surface area contributed by atoms with Gasteiger partial charge in [-0.15, -0.1) is 0 Å². The van der Waals surface area contributed by atoms with Gasteiger partial charge in [-0.05, 0) is 37.5 Å². The number of rotatable bonds is 3. The summed E-state index contributed by atoms with van der Waals surface area (Å²) >= 11 is 0. The zero-order chi connectivity index (χ0) is 13.2. The van der Waals surface area contributed by atoms with E-state index in [0.29, 0.717) is 6.04 Å². The molecular formula is C16H24N2O. The van der Waals surface area contributed by atoms with Gasteiger partial charge in [0.05, 0.1) is 7.11 Å². The van der Waals surface area contributed by atoms with Crippen molar-refractivity contribution in [2.45, 2.75) is 44.3 Å². The van der Waals surface area contributed by atoms with Gasteiger partial charge in [0.15, 0.2) is 0 Å². The Morgan fingerprint density at radius 3 is 2.79 bits per heavy atom. The third-order valence-electron chi connectivity index (χ3n) is 4.78. The van der Waals surface area contributed by atoms with Crippen molar-refractivity contribution in [3.05, 3.63) is 29.8 Å². The van der Waals surface area contributed by atoms with Crippen molar-refractivity contribution >= 4 is 0 Å². The first-order valence-electron chi connectivity index (χ1n) is 7.42. The fourth-order valence-corrected chi connectivity index (χ4v) is 3.68. The Hall–Kier alpha value is -1.06. The van der Waals surface area contributed by atoms with Crippen LogP contribution in [0.2, 0.25) is 0 Å². The van der Waals surface area contributed by atoms with Crippen molar-refractivity contribution in [2.24, 2.45) is 0 Å². The lowest BCUT2D eigenvalue weighted by molar-refractivity contribution is 0.0951. The van der Waals surface area contributed by atoms with Gasteiger partial charge in [0.1, 0.15) is 5.75 Å². The van der Waals surface area contributed by atoms with Crippen LogP contribution in [-0.2, 0) is 0 Å². The van der Waals surface area contributed by atoms with Gasteiger partial charge in [-0.25, -0.2) is 0 Å². The van der Waals surface area contributed by atoms with Crippen LogP contribution in [0.1, 0.15) is 37.8 Å². The smallest absolute Gasteiger partial charge is 0.118 e. The molecule has 3 atom stereocenters. The highest BCUT2D eigenvalue weighted by molar-refractivity contribution is 5.29. The van der Waals surface area contributed by atoms with E-state index >= 15 is 0 Å². The molecule has 1 saturated carbocycles. The van der Waals surface area contributed by atoms with Crippen LogP contribution in [0.4, 0.5) is 0 Å². The standard InChI is InChI=1S/C16H24N2O/c1-12(13-6-8-14(19-2)9-7-13)18-11-10-17-15-4-3-5-16(15)18/h6-9,12,15-17H,3-5,10-11H2,1-2H3/t12-,15+,16+/m0/s1. The van der Waals surface area contributed by atoms with Gasteiger partial charge in [-0.1, -0.05) is 18.6 Å². The Morgan fingerprint density at radius 2 is 2.05 bits per heavy atom. The molecule has 1 heterocycles. The molecule has 2 fully saturated rings. The van der Waals surface area contributed by atoms with Crippen LogP contribution in [0, 0.1) is 0 Å². The van der Waals surface area contributed by atoms with Crippen molar-refractivity contribution in [2.75, 3.05) is 20.2 Å². The lowest BCUT2D eigenvalue weighted by Gasteiger charge is -2.42. The molecule has 1 aromatic carbocycles. The van der Waals surface area contributed by atoms with E-state index in [1.165, 1.54) is 24.8 Å². The van der Waals surface area contributed by atoms with Crippen LogP contribution < -0.4 is 10.1 Å². The number of hydrogen-bond acceptors (Lipinski definition) is 3. The van der Waals surface area contributed by atoms with E-state index in [-0.39, 0.29) is 0 Å². The first-order chi connectivity index (χ1) is 9.29. The summed E-state index contributed by atoms with van der Waals surface area (Å²) in [5, 5.41) is 3.67. The van der Waals surface area contributed by atoms with E-state index in [4.69, 9.17) is 4.74 Å². The van der Waals surface area contributed by atoms with Crippen LogP contribution in [0.15, 0.2) is 24.3 Å². The van der Waals surface area contributed by atoms with Crippen molar-refractivity contribution in [1.29, 1.82) is 0 Å². The van der Waals surface area contributed by atoms with Crippen LogP contribution in [0.25, 0.3) is 0 Å². The third-order valence-corrected chi connectivity index (χ3v) is 4.78. The van der Waals surface area contributed by atoms with Crippen molar-refractivity contribution in [1.82, 2.24) is 10.2 Å². The molecule has 2 aliphatic rings. The predicted octanol–water partition coefficient (Wildman–Crippen LogP) is 2.58. The average Bonchev–Trinajstić information content (AvgIpc) is 2.95. The highest BCUT2D eigenvalue weighted by atomic mass is 16.5. The Morgan fingerprint density at radius 1 is 1.26 bits per heavy atom. The van der Waals surface area contributed by atoms with Crippen LogP contribution in [-0.4, -0.2) is 37.2 Å². The molecule has 0 bridgehead atoms. The molecule has 0 amide bonds. The molecule has 3 heteroatoms. The van der Waals surface area contributed by atoms with Crippen LogP contribution in [0.5, 0.6) is 5.75 Å². The first-order valence-corrected chi connectivity index (χ1v) is 7.42. The van der Waals surface area contributed by atoms with Gasteiger partial charge in [-0.3, -0.25) is 4.90 Å². The maximum atomic E-state index is 5.24. The highest BCUT2D eigenvalue weighted by Gasteiger charge is 2.37. The average molecular weight is 260 g/mol. The number of methoxy groups -OCH3 is 1. The van der Waals surface area contributed by atoms with E-state index < -0.39 is 0 Å². The number of piperazine rings is 1. The minimum Gasteiger partial charge on any atom is -0.497 e. The molecule has 1 aliphatic heterocycles. The highest BCUT2D eigenvalue weighted by Crippen LogP contribution is 2.33. The van der Waals surface area contributed by atoms with E-state index in [2.05, 4.69) is 41.4 Å². The van der Waals surface area contributed by atoms with Gasteiger partial charge >= 0.3 is 0 Å². The quantitative estimate of drug-likeness (QED) is 0.904. The maximum Gasteiger partial charge on any atom is 0.118 e. The van der Waals surface area contributed by atoms with Crippen molar-refractivity contribution in [3.63, 3.8) is 0 Å². The summed E-state index contributed by atoms with van der Waals surface area (Å²) in [7, 11) is 1.72. The zero-order valence-electron chi connectivity index (χ0n) is 11.9. The fourth-order valence-electron chi connectivity index (χ4n) is 3.68. The molecule has 0 aromatic heterocycles. The molecular weight excluding hydrogens is 236 g/mol. The molecule has 3 rings (SSSR count). The normalized spacial score (nSPS) is 28.9. The Bertz CT molecular complexity index is 417. The molecule has 3 nitrogen and oxygen atoms in total. The second-order valence-corrected chi connectivity index (χ2v) is 5.75. The Balaban J connectivity index is 1.76. The fraction of sp³-hybridized carbons (Fsp3) is 0.625. The molecule has 1 aromatic rings. The number of nitrogens with one attached hydrogen (secondary N) is 1. The van der Waals surface area contributed by atoms with E-state index in [0.717, 1.165) is 30.9 Å². The molecule has 0 spiro atoms. The summed E-state index contributed by atoms with van der Waals surface area (Å²) in [5.74, 6) is 0.940. The summed E-state index contributed by atoms with van der Waals surface area (Å²) in [6.07, 6.45) is 4.06. The van der Waals surface area contributed by atoms with E-state index in [1.54, 1.807) is 7.11 Å².